The molecule has 1 aromatic carbocycles. The highest BCUT2D eigenvalue weighted by atomic mass is 16.6. The van der Waals surface area contributed by atoms with Crippen molar-refractivity contribution in [1.29, 1.82) is 0 Å². The van der Waals surface area contributed by atoms with Gasteiger partial charge < -0.3 is 14.9 Å². The van der Waals surface area contributed by atoms with Crippen LogP contribution < -0.4 is 16.0 Å². The number of nitrogens with two attached hydrogens (primary N) is 1. The lowest BCUT2D eigenvalue weighted by atomic mass is 10.0. The molecular weight excluding hydrogens is 406 g/mol. The van der Waals surface area contributed by atoms with E-state index < -0.39 is 0 Å². The molecule has 3 aromatic rings. The van der Waals surface area contributed by atoms with Crippen molar-refractivity contribution in [1.82, 2.24) is 15.0 Å². The molecular formula is C24H25N5O3. The maximum Gasteiger partial charge on any atom is 0.258 e. The number of amides is 1. The molecule has 0 atom stereocenters. The van der Waals surface area contributed by atoms with Gasteiger partial charge in [-0.15, -0.1) is 0 Å². The number of nitrogens with one attached hydrogen (secondary N) is 1. The van der Waals surface area contributed by atoms with Gasteiger partial charge >= 0.3 is 0 Å². The summed E-state index contributed by atoms with van der Waals surface area (Å²) in [6, 6.07) is 7.48. The van der Waals surface area contributed by atoms with Crippen LogP contribution in [0.5, 0.6) is 5.75 Å². The van der Waals surface area contributed by atoms with Gasteiger partial charge in [0, 0.05) is 24.0 Å². The van der Waals surface area contributed by atoms with Crippen LogP contribution in [0.1, 0.15) is 35.3 Å². The number of aryl methyl sites for hydroxylation is 2. The molecule has 32 heavy (non-hydrogen) atoms. The van der Waals surface area contributed by atoms with Crippen LogP contribution in [0.2, 0.25) is 0 Å². The topological polar surface area (TPSA) is 112 Å². The van der Waals surface area contributed by atoms with E-state index in [1.807, 2.05) is 25.1 Å². The van der Waals surface area contributed by atoms with Crippen LogP contribution in [0, 0.1) is 6.92 Å². The van der Waals surface area contributed by atoms with E-state index in [1.54, 1.807) is 31.5 Å². The summed E-state index contributed by atoms with van der Waals surface area (Å²) < 4.78 is 5.77. The Balaban J connectivity index is 1.80. The smallest absolute Gasteiger partial charge is 0.258 e. The number of anilines is 1. The standard InChI is InChI=1S/C24H25N5O3/c1-5-18-6-7-19(31-16(3)10-17(4)32-25)11-20(18)22-13-28-23(14-27-22)29-24(30)21-12-26-9-8-15(21)2/h6-14H,3,5,25H2,1-2,4H3,(H,28,29,30)/b17-10-. The molecule has 1 amide bonds. The van der Waals surface area contributed by atoms with Crippen LogP contribution in [0.25, 0.3) is 11.3 Å². The summed E-state index contributed by atoms with van der Waals surface area (Å²) in [5.41, 5.74) is 3.93. The summed E-state index contributed by atoms with van der Waals surface area (Å²) in [5, 5.41) is 2.75. The highest BCUT2D eigenvalue weighted by molar-refractivity contribution is 6.04. The van der Waals surface area contributed by atoms with Crippen LogP contribution in [-0.2, 0) is 11.3 Å². The number of ether oxygens (including phenoxy) is 1. The summed E-state index contributed by atoms with van der Waals surface area (Å²) >= 11 is 0. The van der Waals surface area contributed by atoms with Gasteiger partial charge in [-0.1, -0.05) is 19.6 Å². The third-order valence-corrected chi connectivity index (χ3v) is 4.71. The largest absolute Gasteiger partial charge is 0.458 e. The van der Waals surface area contributed by atoms with Crippen molar-refractivity contribution in [3.05, 3.63) is 89.9 Å². The van der Waals surface area contributed by atoms with Crippen molar-refractivity contribution >= 4 is 11.7 Å². The molecule has 0 aliphatic heterocycles. The number of carbonyl (C=O) groups excluding carboxylic acids is 1. The van der Waals surface area contributed by atoms with Crippen LogP contribution >= 0.6 is 0 Å². The molecule has 164 valence electrons. The molecule has 0 bridgehead atoms. The summed E-state index contributed by atoms with van der Waals surface area (Å²) in [6.45, 7) is 9.45. The number of allylic oxidation sites excluding steroid dienone is 2. The second-order valence-electron chi connectivity index (χ2n) is 7.05. The Labute approximate surface area is 186 Å². The molecule has 2 aromatic heterocycles. The van der Waals surface area contributed by atoms with Gasteiger partial charge in [-0.2, -0.15) is 5.90 Å². The Morgan fingerprint density at radius 2 is 2.03 bits per heavy atom. The zero-order valence-corrected chi connectivity index (χ0v) is 18.3. The molecule has 3 N–H and O–H groups in total. The summed E-state index contributed by atoms with van der Waals surface area (Å²) in [5.74, 6) is 6.65. The van der Waals surface area contributed by atoms with Gasteiger partial charge in [0.2, 0.25) is 0 Å². The second-order valence-corrected chi connectivity index (χ2v) is 7.05. The summed E-state index contributed by atoms with van der Waals surface area (Å²) in [7, 11) is 0. The zero-order chi connectivity index (χ0) is 23.1. The molecule has 0 spiro atoms. The molecule has 0 saturated heterocycles. The monoisotopic (exact) mass is 431 g/mol. The van der Waals surface area contributed by atoms with E-state index >= 15 is 0 Å². The minimum absolute atomic E-state index is 0.286. The molecule has 0 saturated carbocycles. The zero-order valence-electron chi connectivity index (χ0n) is 18.3. The Morgan fingerprint density at radius 1 is 1.22 bits per heavy atom. The number of aromatic nitrogens is 3. The first-order valence-corrected chi connectivity index (χ1v) is 10.00. The number of pyridine rings is 1. The molecule has 3 rings (SSSR count). The van der Waals surface area contributed by atoms with Gasteiger partial charge in [-0.3, -0.25) is 14.8 Å². The van der Waals surface area contributed by atoms with Crippen LogP contribution in [0.4, 0.5) is 5.82 Å². The number of nitrogens with zero attached hydrogens (tertiary/aromatic N) is 3. The first-order valence-electron chi connectivity index (χ1n) is 10.00. The van der Waals surface area contributed by atoms with E-state index in [-0.39, 0.29) is 5.91 Å². The SMILES string of the molecule is C=C(/C=C(/C)ON)Oc1ccc(CC)c(-c2cnc(NC(=O)c3cnccc3C)cn2)c1. The molecule has 8 nitrogen and oxygen atoms in total. The lowest BCUT2D eigenvalue weighted by Gasteiger charge is -2.12. The quantitative estimate of drug-likeness (QED) is 0.310. The van der Waals surface area contributed by atoms with E-state index in [1.165, 1.54) is 12.4 Å². The van der Waals surface area contributed by atoms with Crippen molar-refractivity contribution < 1.29 is 14.4 Å². The van der Waals surface area contributed by atoms with E-state index in [0.717, 1.165) is 23.1 Å². The number of hydrogen-bond acceptors (Lipinski definition) is 7. The summed E-state index contributed by atoms with van der Waals surface area (Å²) in [6.07, 6.45) is 8.70. The lowest BCUT2D eigenvalue weighted by molar-refractivity contribution is 0.102. The van der Waals surface area contributed by atoms with Gasteiger partial charge in [0.25, 0.3) is 5.91 Å². The third-order valence-electron chi connectivity index (χ3n) is 4.71. The van der Waals surface area contributed by atoms with E-state index in [2.05, 4.69) is 38.6 Å². The van der Waals surface area contributed by atoms with Crippen LogP contribution in [0.3, 0.4) is 0 Å². The molecule has 2 heterocycles. The van der Waals surface area contributed by atoms with E-state index in [9.17, 15) is 4.79 Å². The predicted octanol–water partition coefficient (Wildman–Crippen LogP) is 4.35. The predicted molar refractivity (Wildman–Crippen MR) is 123 cm³/mol. The molecule has 8 heteroatoms. The van der Waals surface area contributed by atoms with E-state index in [0.29, 0.717) is 34.3 Å². The average molecular weight is 431 g/mol. The summed E-state index contributed by atoms with van der Waals surface area (Å²) in [4.78, 5) is 29.9. The highest BCUT2D eigenvalue weighted by Gasteiger charge is 2.12. The van der Waals surface area contributed by atoms with Crippen LogP contribution in [0.15, 0.2) is 73.2 Å². The maximum absolute atomic E-state index is 12.5. The lowest BCUT2D eigenvalue weighted by Crippen LogP contribution is -2.14. The number of hydrogen-bond donors (Lipinski definition) is 2. The van der Waals surface area contributed by atoms with Gasteiger partial charge in [0.1, 0.15) is 17.3 Å². The first kappa shape index (κ1) is 22.6. The Hall–Kier alpha value is -4.04. The van der Waals surface area contributed by atoms with Crippen molar-refractivity contribution in [3.63, 3.8) is 0 Å². The fraction of sp³-hybridized carbons (Fsp3) is 0.167. The maximum atomic E-state index is 12.5. The van der Waals surface area contributed by atoms with Gasteiger partial charge in [-0.25, -0.2) is 4.98 Å². The fourth-order valence-electron chi connectivity index (χ4n) is 3.02. The molecule has 0 fully saturated rings. The second kappa shape index (κ2) is 10.3. The van der Waals surface area contributed by atoms with Gasteiger partial charge in [0.05, 0.1) is 23.7 Å². The highest BCUT2D eigenvalue weighted by Crippen LogP contribution is 2.28. The van der Waals surface area contributed by atoms with Crippen molar-refractivity contribution in [2.24, 2.45) is 5.90 Å². The minimum atomic E-state index is -0.286. The Morgan fingerprint density at radius 3 is 2.69 bits per heavy atom. The van der Waals surface area contributed by atoms with Gasteiger partial charge in [-0.05, 0) is 49.6 Å². The first-order chi connectivity index (χ1) is 15.4. The molecule has 0 aliphatic rings. The third kappa shape index (κ3) is 5.55. The molecule has 0 radical (unpaired) electrons. The van der Waals surface area contributed by atoms with Crippen molar-refractivity contribution in [3.8, 4) is 17.0 Å². The minimum Gasteiger partial charge on any atom is -0.458 e. The number of benzene rings is 1. The average Bonchev–Trinajstić information content (AvgIpc) is 2.79. The normalized spacial score (nSPS) is 11.1. The fourth-order valence-corrected chi connectivity index (χ4v) is 3.02. The van der Waals surface area contributed by atoms with Gasteiger partial charge in [0.15, 0.2) is 5.82 Å². The van der Waals surface area contributed by atoms with E-state index in [4.69, 9.17) is 10.6 Å². The molecule has 0 unspecified atom stereocenters. The van der Waals surface area contributed by atoms with Crippen molar-refractivity contribution in [2.45, 2.75) is 27.2 Å². The van der Waals surface area contributed by atoms with Crippen molar-refractivity contribution in [2.75, 3.05) is 5.32 Å². The molecule has 0 aliphatic carbocycles. The number of carbonyl (C=O) groups is 1. The Kier molecular flexibility index (Phi) is 7.30. The number of rotatable bonds is 8. The Bertz CT molecular complexity index is 1160. The van der Waals surface area contributed by atoms with Crippen LogP contribution in [-0.4, -0.2) is 20.9 Å².